The molecule has 0 aliphatic heterocycles. The average Bonchev–Trinajstić information content (AvgIpc) is 2.41. The zero-order chi connectivity index (χ0) is 13.0. The standard InChI is InChI=1S/C15H16FNO/c1-18-15-5-3-2-4-13(15)14(17)10-11-6-8-12(16)9-7-11/h2-9,14H,10,17H2,1H3. The molecule has 0 aliphatic rings. The van der Waals surface area contributed by atoms with Gasteiger partial charge in [-0.2, -0.15) is 0 Å². The van der Waals surface area contributed by atoms with Crippen molar-refractivity contribution in [2.24, 2.45) is 5.73 Å². The summed E-state index contributed by atoms with van der Waals surface area (Å²) in [7, 11) is 1.63. The molecule has 2 nitrogen and oxygen atoms in total. The number of methoxy groups -OCH3 is 1. The number of rotatable bonds is 4. The van der Waals surface area contributed by atoms with E-state index in [4.69, 9.17) is 10.5 Å². The molecule has 0 saturated heterocycles. The number of benzene rings is 2. The van der Waals surface area contributed by atoms with Crippen molar-refractivity contribution in [1.29, 1.82) is 0 Å². The highest BCUT2D eigenvalue weighted by molar-refractivity contribution is 5.36. The van der Waals surface area contributed by atoms with Crippen molar-refractivity contribution < 1.29 is 9.13 Å². The second kappa shape index (κ2) is 5.65. The molecule has 0 aliphatic carbocycles. The quantitative estimate of drug-likeness (QED) is 0.898. The third-order valence-electron chi connectivity index (χ3n) is 2.91. The summed E-state index contributed by atoms with van der Waals surface area (Å²) in [5.41, 5.74) is 8.14. The van der Waals surface area contributed by atoms with Crippen molar-refractivity contribution in [1.82, 2.24) is 0 Å². The Hall–Kier alpha value is -1.87. The normalized spacial score (nSPS) is 12.2. The molecule has 3 heteroatoms. The molecular formula is C15H16FNO. The number of ether oxygens (including phenoxy) is 1. The largest absolute Gasteiger partial charge is 0.496 e. The van der Waals surface area contributed by atoms with Crippen molar-refractivity contribution in [3.8, 4) is 5.75 Å². The van der Waals surface area contributed by atoms with Gasteiger partial charge in [0.2, 0.25) is 0 Å². The van der Waals surface area contributed by atoms with Gasteiger partial charge in [0.15, 0.2) is 0 Å². The Kier molecular flexibility index (Phi) is 3.95. The van der Waals surface area contributed by atoms with Gasteiger partial charge in [-0.05, 0) is 30.2 Å². The number of para-hydroxylation sites is 1. The Bertz CT molecular complexity index is 510. The van der Waals surface area contributed by atoms with Crippen molar-refractivity contribution in [2.75, 3.05) is 7.11 Å². The maximum atomic E-state index is 12.8. The second-order valence-corrected chi connectivity index (χ2v) is 4.18. The first kappa shape index (κ1) is 12.6. The van der Waals surface area contributed by atoms with E-state index < -0.39 is 0 Å². The van der Waals surface area contributed by atoms with Gasteiger partial charge in [-0.15, -0.1) is 0 Å². The monoisotopic (exact) mass is 245 g/mol. The summed E-state index contributed by atoms with van der Waals surface area (Å²) in [5, 5.41) is 0. The molecule has 2 rings (SSSR count). The van der Waals surface area contributed by atoms with E-state index >= 15 is 0 Å². The number of hydrogen-bond donors (Lipinski definition) is 1. The lowest BCUT2D eigenvalue weighted by Gasteiger charge is -2.15. The summed E-state index contributed by atoms with van der Waals surface area (Å²) in [6.07, 6.45) is 0.653. The minimum atomic E-state index is -0.232. The molecule has 0 radical (unpaired) electrons. The van der Waals surface area contributed by atoms with Gasteiger partial charge < -0.3 is 10.5 Å². The third-order valence-corrected chi connectivity index (χ3v) is 2.91. The maximum absolute atomic E-state index is 12.8. The summed E-state index contributed by atoms with van der Waals surface area (Å²) in [5.74, 6) is 0.553. The fourth-order valence-electron chi connectivity index (χ4n) is 1.96. The summed E-state index contributed by atoms with van der Waals surface area (Å²) in [6, 6.07) is 13.9. The Morgan fingerprint density at radius 2 is 1.78 bits per heavy atom. The fourth-order valence-corrected chi connectivity index (χ4v) is 1.96. The van der Waals surface area contributed by atoms with E-state index in [1.807, 2.05) is 24.3 Å². The van der Waals surface area contributed by atoms with Crippen molar-refractivity contribution in [3.63, 3.8) is 0 Å². The molecule has 0 amide bonds. The molecule has 18 heavy (non-hydrogen) atoms. The zero-order valence-corrected chi connectivity index (χ0v) is 10.3. The molecule has 0 aromatic heterocycles. The highest BCUT2D eigenvalue weighted by Crippen LogP contribution is 2.25. The van der Waals surface area contributed by atoms with Gasteiger partial charge in [0.05, 0.1) is 7.11 Å². The van der Waals surface area contributed by atoms with Gasteiger partial charge in [0.25, 0.3) is 0 Å². The van der Waals surface area contributed by atoms with Gasteiger partial charge in [0, 0.05) is 11.6 Å². The lowest BCUT2D eigenvalue weighted by Crippen LogP contribution is -2.14. The van der Waals surface area contributed by atoms with E-state index in [1.54, 1.807) is 19.2 Å². The van der Waals surface area contributed by atoms with Crippen LogP contribution in [0.1, 0.15) is 17.2 Å². The molecule has 2 aromatic carbocycles. The molecule has 94 valence electrons. The highest BCUT2D eigenvalue weighted by atomic mass is 19.1. The lowest BCUT2D eigenvalue weighted by molar-refractivity contribution is 0.405. The molecule has 1 atom stereocenters. The van der Waals surface area contributed by atoms with Gasteiger partial charge in [-0.3, -0.25) is 0 Å². The summed E-state index contributed by atoms with van der Waals surface area (Å²) in [6.45, 7) is 0. The Morgan fingerprint density at radius 3 is 2.44 bits per heavy atom. The Labute approximate surface area is 106 Å². The van der Waals surface area contributed by atoms with Crippen LogP contribution in [0.5, 0.6) is 5.75 Å². The van der Waals surface area contributed by atoms with E-state index in [2.05, 4.69) is 0 Å². The molecule has 0 bridgehead atoms. The Balaban J connectivity index is 2.16. The fraction of sp³-hybridized carbons (Fsp3) is 0.200. The van der Waals surface area contributed by atoms with Gasteiger partial charge in [-0.25, -0.2) is 4.39 Å². The van der Waals surface area contributed by atoms with Crippen LogP contribution in [-0.4, -0.2) is 7.11 Å². The molecule has 2 N–H and O–H groups in total. The van der Waals surface area contributed by atoms with Crippen LogP contribution in [0.3, 0.4) is 0 Å². The van der Waals surface area contributed by atoms with Crippen LogP contribution in [0.25, 0.3) is 0 Å². The second-order valence-electron chi connectivity index (χ2n) is 4.18. The van der Waals surface area contributed by atoms with Gasteiger partial charge in [-0.1, -0.05) is 30.3 Å². The summed E-state index contributed by atoms with van der Waals surface area (Å²) >= 11 is 0. The first-order chi connectivity index (χ1) is 8.70. The molecule has 1 unspecified atom stereocenters. The van der Waals surface area contributed by atoms with Crippen LogP contribution >= 0.6 is 0 Å². The number of nitrogens with two attached hydrogens (primary N) is 1. The first-order valence-corrected chi connectivity index (χ1v) is 5.83. The molecule has 0 fully saturated rings. The third kappa shape index (κ3) is 2.87. The number of hydrogen-bond acceptors (Lipinski definition) is 2. The molecular weight excluding hydrogens is 229 g/mol. The minimum absolute atomic E-state index is 0.161. The minimum Gasteiger partial charge on any atom is -0.496 e. The Morgan fingerprint density at radius 1 is 1.11 bits per heavy atom. The summed E-state index contributed by atoms with van der Waals surface area (Å²) in [4.78, 5) is 0. The van der Waals surface area contributed by atoms with Crippen LogP contribution in [0, 0.1) is 5.82 Å². The van der Waals surface area contributed by atoms with E-state index in [-0.39, 0.29) is 11.9 Å². The maximum Gasteiger partial charge on any atom is 0.123 e. The topological polar surface area (TPSA) is 35.2 Å². The van der Waals surface area contributed by atoms with E-state index in [0.29, 0.717) is 6.42 Å². The molecule has 0 saturated carbocycles. The predicted molar refractivity (Wildman–Crippen MR) is 70.0 cm³/mol. The average molecular weight is 245 g/mol. The molecule has 2 aromatic rings. The van der Waals surface area contributed by atoms with Gasteiger partial charge in [0.1, 0.15) is 11.6 Å². The number of halogens is 1. The van der Waals surface area contributed by atoms with E-state index in [0.717, 1.165) is 16.9 Å². The van der Waals surface area contributed by atoms with Crippen LogP contribution < -0.4 is 10.5 Å². The van der Waals surface area contributed by atoms with Crippen molar-refractivity contribution in [2.45, 2.75) is 12.5 Å². The zero-order valence-electron chi connectivity index (χ0n) is 10.3. The lowest BCUT2D eigenvalue weighted by atomic mass is 9.99. The smallest absolute Gasteiger partial charge is 0.123 e. The van der Waals surface area contributed by atoms with Crippen LogP contribution in [0.4, 0.5) is 4.39 Å². The van der Waals surface area contributed by atoms with Crippen LogP contribution in [0.2, 0.25) is 0 Å². The first-order valence-electron chi connectivity index (χ1n) is 5.83. The highest BCUT2D eigenvalue weighted by Gasteiger charge is 2.11. The SMILES string of the molecule is COc1ccccc1C(N)Cc1ccc(F)cc1. The summed E-state index contributed by atoms with van der Waals surface area (Å²) < 4.78 is 18.1. The van der Waals surface area contributed by atoms with E-state index in [9.17, 15) is 4.39 Å². The molecule has 0 heterocycles. The van der Waals surface area contributed by atoms with Gasteiger partial charge >= 0.3 is 0 Å². The predicted octanol–water partition coefficient (Wildman–Crippen LogP) is 3.08. The van der Waals surface area contributed by atoms with Crippen LogP contribution in [-0.2, 0) is 6.42 Å². The van der Waals surface area contributed by atoms with Crippen LogP contribution in [0.15, 0.2) is 48.5 Å². The van der Waals surface area contributed by atoms with Crippen molar-refractivity contribution in [3.05, 3.63) is 65.5 Å². The van der Waals surface area contributed by atoms with Crippen molar-refractivity contribution >= 4 is 0 Å². The van der Waals surface area contributed by atoms with E-state index in [1.165, 1.54) is 12.1 Å². The molecule has 0 spiro atoms.